The number of carbonyl (C=O) groups is 2. The molecule has 0 aromatic heterocycles. The quantitative estimate of drug-likeness (QED) is 0.220. The maximum atomic E-state index is 12.3. The molecule has 0 unspecified atom stereocenters. The summed E-state index contributed by atoms with van der Waals surface area (Å²) in [5.41, 5.74) is 4.55. The van der Waals surface area contributed by atoms with Crippen molar-refractivity contribution in [2.75, 3.05) is 11.5 Å². The van der Waals surface area contributed by atoms with Crippen molar-refractivity contribution in [1.29, 1.82) is 0 Å². The largest absolute Gasteiger partial charge is 0.507 e. The summed E-state index contributed by atoms with van der Waals surface area (Å²) >= 11 is 2.86. The number of thioether (sulfide) groups is 2. The first-order valence-corrected chi connectivity index (χ1v) is 14.4. The molecule has 5 nitrogen and oxygen atoms in total. The van der Waals surface area contributed by atoms with Crippen LogP contribution in [-0.4, -0.2) is 28.6 Å². The van der Waals surface area contributed by atoms with E-state index in [9.17, 15) is 14.7 Å². The monoisotopic (exact) mass is 538 g/mol. The van der Waals surface area contributed by atoms with E-state index in [1.165, 1.54) is 23.5 Å². The Morgan fingerprint density at radius 1 is 0.757 bits per heavy atom. The third-order valence-electron chi connectivity index (χ3n) is 5.53. The molecule has 0 aliphatic carbocycles. The van der Waals surface area contributed by atoms with Crippen molar-refractivity contribution < 1.29 is 24.2 Å². The number of carbonyl (C=O) groups excluding carboxylic acids is 2. The summed E-state index contributed by atoms with van der Waals surface area (Å²) in [7, 11) is 0. The van der Waals surface area contributed by atoms with E-state index >= 15 is 0 Å². The zero-order chi connectivity index (χ0) is 27.0. The molecule has 0 radical (unpaired) electrons. The zero-order valence-corrected chi connectivity index (χ0v) is 23.6. The molecule has 0 saturated carbocycles. The average molecular weight is 539 g/mol. The first kappa shape index (κ1) is 28.7. The number of benzene rings is 3. The van der Waals surface area contributed by atoms with Gasteiger partial charge in [0.05, 0.1) is 11.5 Å². The number of phenolic OH excluding ortho intramolecular Hbond substituents is 1. The molecule has 196 valence electrons. The minimum absolute atomic E-state index is 0.169. The van der Waals surface area contributed by atoms with Crippen LogP contribution in [0.15, 0.2) is 60.7 Å². The van der Waals surface area contributed by atoms with Crippen LogP contribution in [0, 0.1) is 13.8 Å². The summed E-state index contributed by atoms with van der Waals surface area (Å²) in [6.45, 7) is 10.1. The van der Waals surface area contributed by atoms with Gasteiger partial charge >= 0.3 is 11.9 Å². The van der Waals surface area contributed by atoms with Gasteiger partial charge in [-0.25, -0.2) is 0 Å². The summed E-state index contributed by atoms with van der Waals surface area (Å²) < 4.78 is 10.8. The Hall–Kier alpha value is -2.90. The third kappa shape index (κ3) is 9.17. The van der Waals surface area contributed by atoms with Crippen LogP contribution in [-0.2, 0) is 26.5 Å². The lowest BCUT2D eigenvalue weighted by atomic mass is 9.84. The molecule has 0 atom stereocenters. The number of hydrogen-bond acceptors (Lipinski definition) is 7. The number of rotatable bonds is 10. The SMILES string of the molecule is Cc1ccc(OC(=O)CSCc2cc(CSCC(=O)Oc3ccc(C)cc3)c(O)c(C(C)(C)C)c2)cc1. The van der Waals surface area contributed by atoms with E-state index in [4.69, 9.17) is 9.47 Å². The Balaban J connectivity index is 1.59. The lowest BCUT2D eigenvalue weighted by Gasteiger charge is -2.23. The number of ether oxygens (including phenoxy) is 2. The predicted molar refractivity (Wildman–Crippen MR) is 153 cm³/mol. The third-order valence-corrected chi connectivity index (χ3v) is 7.46. The van der Waals surface area contributed by atoms with E-state index < -0.39 is 0 Å². The van der Waals surface area contributed by atoms with Crippen molar-refractivity contribution in [3.8, 4) is 17.2 Å². The van der Waals surface area contributed by atoms with E-state index in [0.29, 0.717) is 23.0 Å². The van der Waals surface area contributed by atoms with E-state index in [1.807, 2.05) is 71.0 Å². The minimum atomic E-state index is -0.330. The Bertz CT molecular complexity index is 1210. The molecule has 37 heavy (non-hydrogen) atoms. The number of esters is 2. The van der Waals surface area contributed by atoms with Crippen LogP contribution in [0.4, 0.5) is 0 Å². The van der Waals surface area contributed by atoms with Gasteiger partial charge in [0.25, 0.3) is 0 Å². The van der Waals surface area contributed by atoms with E-state index in [0.717, 1.165) is 27.8 Å². The van der Waals surface area contributed by atoms with Gasteiger partial charge in [-0.15, -0.1) is 23.5 Å². The van der Waals surface area contributed by atoms with Crippen molar-refractivity contribution in [2.45, 2.75) is 51.5 Å². The number of aromatic hydroxyl groups is 1. The van der Waals surface area contributed by atoms with Crippen LogP contribution >= 0.6 is 23.5 Å². The Kier molecular flexibility index (Phi) is 10.1. The second kappa shape index (κ2) is 13.1. The van der Waals surface area contributed by atoms with Crippen LogP contribution in [0.2, 0.25) is 0 Å². The van der Waals surface area contributed by atoms with Gasteiger partial charge in [0, 0.05) is 17.1 Å². The Morgan fingerprint density at radius 3 is 1.68 bits per heavy atom. The summed E-state index contributed by atoms with van der Waals surface area (Å²) in [6, 6.07) is 18.7. The molecule has 0 aliphatic heterocycles. The fraction of sp³-hybridized carbons (Fsp3) is 0.333. The highest BCUT2D eigenvalue weighted by Gasteiger charge is 2.22. The molecule has 0 aliphatic rings. The predicted octanol–water partition coefficient (Wildman–Crippen LogP) is 6.98. The number of hydrogen-bond donors (Lipinski definition) is 1. The van der Waals surface area contributed by atoms with Gasteiger partial charge in [0.1, 0.15) is 17.2 Å². The maximum absolute atomic E-state index is 12.3. The fourth-order valence-electron chi connectivity index (χ4n) is 3.56. The average Bonchev–Trinajstić information content (AvgIpc) is 2.83. The first-order valence-electron chi connectivity index (χ1n) is 12.1. The van der Waals surface area contributed by atoms with Crippen molar-refractivity contribution in [1.82, 2.24) is 0 Å². The van der Waals surface area contributed by atoms with Gasteiger partial charge in [-0.1, -0.05) is 68.3 Å². The molecular formula is C30H34O5S2. The number of phenols is 1. The van der Waals surface area contributed by atoms with Crippen LogP contribution in [0.1, 0.15) is 48.6 Å². The minimum Gasteiger partial charge on any atom is -0.507 e. The lowest BCUT2D eigenvalue weighted by molar-refractivity contribution is -0.132. The Morgan fingerprint density at radius 2 is 1.22 bits per heavy atom. The molecule has 0 spiro atoms. The summed E-state index contributed by atoms with van der Waals surface area (Å²) in [5, 5.41) is 11.0. The van der Waals surface area contributed by atoms with Gasteiger partial charge in [0.2, 0.25) is 0 Å². The van der Waals surface area contributed by atoms with Crippen LogP contribution in [0.5, 0.6) is 17.2 Å². The van der Waals surface area contributed by atoms with E-state index in [1.54, 1.807) is 24.3 Å². The Labute approximate surface area is 228 Å². The van der Waals surface area contributed by atoms with Gasteiger partial charge in [0.15, 0.2) is 0 Å². The topological polar surface area (TPSA) is 72.8 Å². The van der Waals surface area contributed by atoms with Gasteiger partial charge < -0.3 is 14.6 Å². The van der Waals surface area contributed by atoms with Crippen molar-refractivity contribution in [3.63, 3.8) is 0 Å². The van der Waals surface area contributed by atoms with E-state index in [2.05, 4.69) is 0 Å². The zero-order valence-electron chi connectivity index (χ0n) is 22.0. The summed E-state index contributed by atoms with van der Waals surface area (Å²) in [5.74, 6) is 2.13. The summed E-state index contributed by atoms with van der Waals surface area (Å²) in [4.78, 5) is 24.5. The standard InChI is InChI=1S/C30H34O5S2/c1-20-6-10-24(11-7-20)34-27(31)18-36-16-22-14-23(29(33)26(15-22)30(3,4)5)17-37-19-28(32)35-25-12-8-21(2)9-13-25/h6-15,33H,16-19H2,1-5H3. The molecule has 0 heterocycles. The van der Waals surface area contributed by atoms with Crippen molar-refractivity contribution in [2.24, 2.45) is 0 Å². The molecule has 0 saturated heterocycles. The maximum Gasteiger partial charge on any atom is 0.321 e. The fourth-order valence-corrected chi connectivity index (χ4v) is 5.05. The van der Waals surface area contributed by atoms with Gasteiger partial charge in [-0.3, -0.25) is 9.59 Å². The first-order chi connectivity index (χ1) is 17.5. The van der Waals surface area contributed by atoms with Gasteiger partial charge in [-0.05, 0) is 54.7 Å². The lowest BCUT2D eigenvalue weighted by Crippen LogP contribution is -2.14. The summed E-state index contributed by atoms with van der Waals surface area (Å²) in [6.07, 6.45) is 0. The molecule has 7 heteroatoms. The van der Waals surface area contributed by atoms with E-state index in [-0.39, 0.29) is 34.6 Å². The molecule has 0 amide bonds. The smallest absolute Gasteiger partial charge is 0.321 e. The van der Waals surface area contributed by atoms with Gasteiger partial charge in [-0.2, -0.15) is 0 Å². The highest BCUT2D eigenvalue weighted by atomic mass is 32.2. The van der Waals surface area contributed by atoms with Crippen LogP contribution in [0.25, 0.3) is 0 Å². The normalized spacial score (nSPS) is 11.3. The highest BCUT2D eigenvalue weighted by Crippen LogP contribution is 2.37. The molecule has 1 N–H and O–H groups in total. The van der Waals surface area contributed by atoms with Crippen LogP contribution < -0.4 is 9.47 Å². The molecule has 0 bridgehead atoms. The number of aryl methyl sites for hydroxylation is 2. The molecule has 3 rings (SSSR count). The molecule has 3 aromatic rings. The second-order valence-electron chi connectivity index (χ2n) is 9.96. The molecule has 3 aromatic carbocycles. The molecular weight excluding hydrogens is 504 g/mol. The van der Waals surface area contributed by atoms with Crippen molar-refractivity contribution >= 4 is 35.5 Å². The van der Waals surface area contributed by atoms with Crippen molar-refractivity contribution in [3.05, 3.63) is 88.5 Å². The second-order valence-corrected chi connectivity index (χ2v) is 11.9. The van der Waals surface area contributed by atoms with Crippen LogP contribution in [0.3, 0.4) is 0 Å². The molecule has 0 fully saturated rings. The highest BCUT2D eigenvalue weighted by molar-refractivity contribution is 7.99.